The van der Waals surface area contributed by atoms with Crippen LogP contribution in [-0.2, 0) is 10.0 Å². The summed E-state index contributed by atoms with van der Waals surface area (Å²) in [6.45, 7) is 3.58. The zero-order chi connectivity index (χ0) is 21.7. The lowest BCUT2D eigenvalue weighted by Gasteiger charge is -2.15. The number of rotatable bonds is 7. The predicted molar refractivity (Wildman–Crippen MR) is 115 cm³/mol. The number of hydrogen-bond acceptors (Lipinski definition) is 5. The van der Waals surface area contributed by atoms with E-state index in [0.717, 1.165) is 0 Å². The molecular formula is C22H23N3O4S. The van der Waals surface area contributed by atoms with Gasteiger partial charge in [0.15, 0.2) is 0 Å². The number of aromatic nitrogens is 1. The number of pyridine rings is 1. The molecule has 2 N–H and O–H groups in total. The SMILES string of the molecule is COc1ccc(NS(=O)(=O)c2ccc(C)c(C(=O)NC(C)c3ccccn3)c2)cc1. The van der Waals surface area contributed by atoms with Crippen LogP contribution in [0.2, 0.25) is 0 Å². The Morgan fingerprint density at radius 1 is 1.07 bits per heavy atom. The molecule has 0 bridgehead atoms. The Morgan fingerprint density at radius 2 is 1.80 bits per heavy atom. The number of hydrogen-bond donors (Lipinski definition) is 2. The highest BCUT2D eigenvalue weighted by molar-refractivity contribution is 7.92. The lowest BCUT2D eigenvalue weighted by molar-refractivity contribution is 0.0938. The fourth-order valence-electron chi connectivity index (χ4n) is 2.87. The first kappa shape index (κ1) is 21.3. The molecular weight excluding hydrogens is 402 g/mol. The van der Waals surface area contributed by atoms with Gasteiger partial charge in [-0.15, -0.1) is 0 Å². The number of carbonyl (C=O) groups excluding carboxylic acids is 1. The quantitative estimate of drug-likeness (QED) is 0.602. The van der Waals surface area contributed by atoms with Crippen molar-refractivity contribution in [2.24, 2.45) is 0 Å². The van der Waals surface area contributed by atoms with Crippen LogP contribution in [0.5, 0.6) is 5.75 Å². The minimum Gasteiger partial charge on any atom is -0.497 e. The van der Waals surface area contributed by atoms with Crippen LogP contribution < -0.4 is 14.8 Å². The summed E-state index contributed by atoms with van der Waals surface area (Å²) in [4.78, 5) is 17.0. The monoisotopic (exact) mass is 425 g/mol. The molecule has 0 spiro atoms. The van der Waals surface area contributed by atoms with E-state index in [0.29, 0.717) is 22.7 Å². The van der Waals surface area contributed by atoms with Crippen molar-refractivity contribution in [3.63, 3.8) is 0 Å². The largest absolute Gasteiger partial charge is 0.497 e. The first-order chi connectivity index (χ1) is 14.3. The van der Waals surface area contributed by atoms with Gasteiger partial charge in [-0.05, 0) is 67.9 Å². The Kier molecular flexibility index (Phi) is 6.37. The molecule has 0 aliphatic heterocycles. The number of benzene rings is 2. The smallest absolute Gasteiger partial charge is 0.261 e. The molecule has 0 aliphatic rings. The zero-order valence-corrected chi connectivity index (χ0v) is 17.7. The van der Waals surface area contributed by atoms with Crippen LogP contribution in [-0.4, -0.2) is 26.4 Å². The summed E-state index contributed by atoms with van der Waals surface area (Å²) in [5.41, 5.74) is 2.07. The molecule has 7 nitrogen and oxygen atoms in total. The van der Waals surface area contributed by atoms with E-state index in [2.05, 4.69) is 15.0 Å². The third-order valence-electron chi connectivity index (χ3n) is 4.59. The van der Waals surface area contributed by atoms with Gasteiger partial charge in [-0.2, -0.15) is 0 Å². The van der Waals surface area contributed by atoms with Gasteiger partial charge in [0.25, 0.3) is 15.9 Å². The Bertz CT molecular complexity index is 1130. The van der Waals surface area contributed by atoms with Crippen molar-refractivity contribution in [3.05, 3.63) is 83.7 Å². The Morgan fingerprint density at radius 3 is 2.43 bits per heavy atom. The molecule has 8 heteroatoms. The molecule has 0 saturated heterocycles. The van der Waals surface area contributed by atoms with Crippen LogP contribution >= 0.6 is 0 Å². The van der Waals surface area contributed by atoms with E-state index < -0.39 is 10.0 Å². The van der Waals surface area contributed by atoms with Gasteiger partial charge in [0.2, 0.25) is 0 Å². The average molecular weight is 426 g/mol. The van der Waals surface area contributed by atoms with Gasteiger partial charge in [-0.1, -0.05) is 12.1 Å². The van der Waals surface area contributed by atoms with E-state index >= 15 is 0 Å². The van der Waals surface area contributed by atoms with Crippen LogP contribution in [0.3, 0.4) is 0 Å². The minimum absolute atomic E-state index is 0.000410. The normalized spacial score (nSPS) is 12.1. The van der Waals surface area contributed by atoms with Gasteiger partial charge in [0.1, 0.15) is 5.75 Å². The molecule has 1 heterocycles. The molecule has 2 aromatic carbocycles. The van der Waals surface area contributed by atoms with Crippen LogP contribution in [0, 0.1) is 6.92 Å². The van der Waals surface area contributed by atoms with Crippen molar-refractivity contribution >= 4 is 21.6 Å². The van der Waals surface area contributed by atoms with Gasteiger partial charge in [0, 0.05) is 17.4 Å². The minimum atomic E-state index is -3.87. The van der Waals surface area contributed by atoms with Gasteiger partial charge in [0.05, 0.1) is 23.7 Å². The first-order valence-corrected chi connectivity index (χ1v) is 10.8. The zero-order valence-electron chi connectivity index (χ0n) is 16.9. The highest BCUT2D eigenvalue weighted by Gasteiger charge is 2.20. The van der Waals surface area contributed by atoms with Crippen molar-refractivity contribution in [2.45, 2.75) is 24.8 Å². The maximum Gasteiger partial charge on any atom is 0.261 e. The van der Waals surface area contributed by atoms with E-state index in [9.17, 15) is 13.2 Å². The third-order valence-corrected chi connectivity index (χ3v) is 5.96. The van der Waals surface area contributed by atoms with Crippen LogP contribution in [0.15, 0.2) is 71.8 Å². The summed E-state index contributed by atoms with van der Waals surface area (Å²) in [6.07, 6.45) is 1.65. The molecule has 0 fully saturated rings. The molecule has 0 radical (unpaired) electrons. The molecule has 1 unspecified atom stereocenters. The van der Waals surface area contributed by atoms with Crippen molar-refractivity contribution in [1.29, 1.82) is 0 Å². The Hall–Kier alpha value is -3.39. The number of ether oxygens (including phenoxy) is 1. The van der Waals surface area contributed by atoms with Gasteiger partial charge in [-0.3, -0.25) is 14.5 Å². The van der Waals surface area contributed by atoms with Crippen LogP contribution in [0.25, 0.3) is 0 Å². The van der Waals surface area contributed by atoms with Crippen LogP contribution in [0.1, 0.15) is 34.6 Å². The van der Waals surface area contributed by atoms with E-state index in [-0.39, 0.29) is 22.4 Å². The maximum atomic E-state index is 12.8. The predicted octanol–water partition coefficient (Wildman–Crippen LogP) is 3.69. The Balaban J connectivity index is 1.81. The second kappa shape index (κ2) is 8.96. The fourth-order valence-corrected chi connectivity index (χ4v) is 3.95. The summed E-state index contributed by atoms with van der Waals surface area (Å²) in [7, 11) is -2.33. The molecule has 1 aromatic heterocycles. The van der Waals surface area contributed by atoms with E-state index in [4.69, 9.17) is 4.74 Å². The standard InChI is InChI=1S/C22H23N3O4S/c1-15-7-12-19(30(27,28)25-17-8-10-18(29-3)11-9-17)14-20(15)22(26)24-16(2)21-6-4-5-13-23-21/h4-14,16,25H,1-3H3,(H,24,26). The highest BCUT2D eigenvalue weighted by atomic mass is 32.2. The lowest BCUT2D eigenvalue weighted by Crippen LogP contribution is -2.28. The highest BCUT2D eigenvalue weighted by Crippen LogP contribution is 2.22. The van der Waals surface area contributed by atoms with Crippen molar-refractivity contribution in [1.82, 2.24) is 10.3 Å². The number of methoxy groups -OCH3 is 1. The fraction of sp³-hybridized carbons (Fsp3) is 0.182. The molecule has 1 atom stereocenters. The van der Waals surface area contributed by atoms with Crippen molar-refractivity contribution in [3.8, 4) is 5.75 Å². The second-order valence-electron chi connectivity index (χ2n) is 6.76. The van der Waals surface area contributed by atoms with E-state index in [1.165, 1.54) is 19.2 Å². The summed E-state index contributed by atoms with van der Waals surface area (Å²) in [6, 6.07) is 16.1. The number of aryl methyl sites for hydroxylation is 1. The maximum absolute atomic E-state index is 12.8. The lowest BCUT2D eigenvalue weighted by atomic mass is 10.1. The molecule has 3 aromatic rings. The Labute approximate surface area is 176 Å². The number of sulfonamides is 1. The van der Waals surface area contributed by atoms with Gasteiger partial charge >= 0.3 is 0 Å². The molecule has 3 rings (SSSR count). The molecule has 0 saturated carbocycles. The van der Waals surface area contributed by atoms with Crippen LogP contribution in [0.4, 0.5) is 5.69 Å². The molecule has 30 heavy (non-hydrogen) atoms. The molecule has 1 amide bonds. The molecule has 0 aliphatic carbocycles. The second-order valence-corrected chi connectivity index (χ2v) is 8.44. The average Bonchev–Trinajstić information content (AvgIpc) is 2.74. The topological polar surface area (TPSA) is 97.4 Å². The number of carbonyl (C=O) groups is 1. The number of nitrogens with zero attached hydrogens (tertiary/aromatic N) is 1. The summed E-state index contributed by atoms with van der Waals surface area (Å²) >= 11 is 0. The van der Waals surface area contributed by atoms with Gasteiger partial charge in [-0.25, -0.2) is 8.42 Å². The van der Waals surface area contributed by atoms with Crippen molar-refractivity contribution < 1.29 is 17.9 Å². The number of amides is 1. The number of anilines is 1. The third kappa shape index (κ3) is 4.96. The summed E-state index contributed by atoms with van der Waals surface area (Å²) < 4.78 is 33.2. The number of nitrogens with one attached hydrogen (secondary N) is 2. The van der Waals surface area contributed by atoms with Gasteiger partial charge < -0.3 is 10.1 Å². The van der Waals surface area contributed by atoms with E-state index in [1.54, 1.807) is 49.5 Å². The first-order valence-electron chi connectivity index (χ1n) is 9.29. The van der Waals surface area contributed by atoms with E-state index in [1.807, 2.05) is 19.1 Å². The van der Waals surface area contributed by atoms with Crippen molar-refractivity contribution in [2.75, 3.05) is 11.8 Å². The summed E-state index contributed by atoms with van der Waals surface area (Å²) in [5, 5.41) is 2.86. The summed E-state index contributed by atoms with van der Waals surface area (Å²) in [5.74, 6) is 0.251. The molecule has 156 valence electrons.